The van der Waals surface area contributed by atoms with Gasteiger partial charge in [-0.05, 0) is 43.4 Å². The van der Waals surface area contributed by atoms with E-state index in [0.717, 1.165) is 42.4 Å². The summed E-state index contributed by atoms with van der Waals surface area (Å²) in [6.45, 7) is 4.05. The summed E-state index contributed by atoms with van der Waals surface area (Å²) < 4.78 is 4.90. The van der Waals surface area contributed by atoms with Gasteiger partial charge in [0.1, 0.15) is 6.04 Å². The van der Waals surface area contributed by atoms with E-state index >= 15 is 0 Å². The maximum Gasteiger partial charge on any atom is 0.328 e. The predicted molar refractivity (Wildman–Crippen MR) is 90.1 cm³/mol. The van der Waals surface area contributed by atoms with Gasteiger partial charge in [0.05, 0.1) is 7.11 Å². The van der Waals surface area contributed by atoms with Crippen molar-refractivity contribution in [1.29, 1.82) is 0 Å². The molecule has 1 aromatic carbocycles. The quantitative estimate of drug-likeness (QED) is 0.849. The van der Waals surface area contributed by atoms with Crippen molar-refractivity contribution in [2.45, 2.75) is 58.4 Å². The second-order valence-electron chi connectivity index (χ2n) is 6.49. The van der Waals surface area contributed by atoms with Crippen LogP contribution in [0.25, 0.3) is 0 Å². The van der Waals surface area contributed by atoms with Gasteiger partial charge in [-0.25, -0.2) is 4.79 Å². The molecule has 0 radical (unpaired) electrons. The van der Waals surface area contributed by atoms with Gasteiger partial charge in [0.2, 0.25) is 5.91 Å². The topological polar surface area (TPSA) is 55.4 Å². The van der Waals surface area contributed by atoms with E-state index in [1.54, 1.807) is 0 Å². The number of carbonyl (C=O) groups excluding carboxylic acids is 2. The van der Waals surface area contributed by atoms with Gasteiger partial charge in [-0.1, -0.05) is 37.5 Å². The zero-order valence-electron chi connectivity index (χ0n) is 14.4. The summed E-state index contributed by atoms with van der Waals surface area (Å²) in [6, 6.07) is 5.44. The van der Waals surface area contributed by atoms with Gasteiger partial charge < -0.3 is 10.1 Å². The highest BCUT2D eigenvalue weighted by Gasteiger charge is 2.28. The number of rotatable bonds is 5. The third kappa shape index (κ3) is 4.57. The van der Waals surface area contributed by atoms with Crippen LogP contribution in [0.1, 0.15) is 48.8 Å². The fraction of sp³-hybridized carbons (Fsp3) is 0.579. The lowest BCUT2D eigenvalue weighted by Crippen LogP contribution is -2.46. The molecule has 23 heavy (non-hydrogen) atoms. The first-order valence-electron chi connectivity index (χ1n) is 8.46. The Hall–Kier alpha value is -1.84. The van der Waals surface area contributed by atoms with E-state index in [2.05, 4.69) is 5.32 Å². The van der Waals surface area contributed by atoms with Crippen LogP contribution in [0.15, 0.2) is 18.2 Å². The normalized spacial score (nSPS) is 16.7. The third-order valence-corrected chi connectivity index (χ3v) is 4.83. The van der Waals surface area contributed by atoms with Gasteiger partial charge in [0.25, 0.3) is 0 Å². The molecular formula is C19H27NO3. The van der Waals surface area contributed by atoms with Gasteiger partial charge >= 0.3 is 5.97 Å². The summed E-state index contributed by atoms with van der Waals surface area (Å²) in [5.41, 5.74) is 3.36. The SMILES string of the molecule is COC(=O)[C@@H](Cc1c(C)cccc1C)NC(=O)C1CCCCC1. The van der Waals surface area contributed by atoms with E-state index in [0.29, 0.717) is 6.42 Å². The van der Waals surface area contributed by atoms with Crippen LogP contribution in [-0.2, 0) is 20.7 Å². The standard InChI is InChI=1S/C19H27NO3/c1-13-8-7-9-14(2)16(13)12-17(19(22)23-3)20-18(21)15-10-5-4-6-11-15/h7-9,15,17H,4-6,10-12H2,1-3H3,(H,20,21)/t17-/m1/s1. The molecule has 1 atom stereocenters. The number of ether oxygens (including phenoxy) is 1. The highest BCUT2D eigenvalue weighted by molar-refractivity contribution is 5.86. The number of aryl methyl sites for hydroxylation is 2. The number of amides is 1. The van der Waals surface area contributed by atoms with E-state index in [4.69, 9.17) is 4.74 Å². The molecule has 4 nitrogen and oxygen atoms in total. The molecule has 1 aliphatic rings. The molecule has 1 amide bonds. The van der Waals surface area contributed by atoms with Crippen LogP contribution in [0, 0.1) is 19.8 Å². The molecule has 0 aromatic heterocycles. The average Bonchev–Trinajstić information content (AvgIpc) is 2.57. The van der Waals surface area contributed by atoms with Gasteiger partial charge in [0, 0.05) is 12.3 Å². The summed E-state index contributed by atoms with van der Waals surface area (Å²) in [7, 11) is 1.37. The third-order valence-electron chi connectivity index (χ3n) is 4.83. The minimum Gasteiger partial charge on any atom is -0.467 e. The van der Waals surface area contributed by atoms with Crippen LogP contribution < -0.4 is 5.32 Å². The second-order valence-corrected chi connectivity index (χ2v) is 6.49. The molecule has 4 heteroatoms. The Morgan fingerprint density at radius 2 is 1.78 bits per heavy atom. The molecule has 0 heterocycles. The van der Waals surface area contributed by atoms with Gasteiger partial charge in [-0.3, -0.25) is 4.79 Å². The number of methoxy groups -OCH3 is 1. The van der Waals surface area contributed by atoms with Crippen LogP contribution in [-0.4, -0.2) is 25.0 Å². The molecule has 1 aliphatic carbocycles. The smallest absolute Gasteiger partial charge is 0.328 e. The predicted octanol–water partition coefficient (Wildman–Crippen LogP) is 3.08. The molecule has 126 valence electrons. The Morgan fingerprint density at radius 3 is 2.35 bits per heavy atom. The van der Waals surface area contributed by atoms with Crippen molar-refractivity contribution in [2.75, 3.05) is 7.11 Å². The number of nitrogens with one attached hydrogen (secondary N) is 1. The van der Waals surface area contributed by atoms with Crippen molar-refractivity contribution in [2.24, 2.45) is 5.92 Å². The Bertz CT molecular complexity index is 541. The average molecular weight is 317 g/mol. The minimum atomic E-state index is -0.616. The Balaban J connectivity index is 2.10. The highest BCUT2D eigenvalue weighted by Crippen LogP contribution is 2.24. The number of esters is 1. The Labute approximate surface area is 138 Å². The van der Waals surface area contributed by atoms with Crippen molar-refractivity contribution < 1.29 is 14.3 Å². The first-order valence-corrected chi connectivity index (χ1v) is 8.46. The first-order chi connectivity index (χ1) is 11.0. The van der Waals surface area contributed by atoms with E-state index in [1.165, 1.54) is 13.5 Å². The van der Waals surface area contributed by atoms with E-state index in [-0.39, 0.29) is 17.8 Å². The lowest BCUT2D eigenvalue weighted by atomic mass is 9.88. The summed E-state index contributed by atoms with van der Waals surface area (Å²) in [6.07, 6.45) is 5.71. The molecule has 1 aromatic rings. The van der Waals surface area contributed by atoms with Crippen LogP contribution in [0.3, 0.4) is 0 Å². The molecule has 1 N–H and O–H groups in total. The molecular weight excluding hydrogens is 290 g/mol. The molecule has 0 unspecified atom stereocenters. The number of hydrogen-bond acceptors (Lipinski definition) is 3. The van der Waals surface area contributed by atoms with Gasteiger partial charge in [0.15, 0.2) is 0 Å². The molecule has 1 fully saturated rings. The van der Waals surface area contributed by atoms with Crippen LogP contribution in [0.2, 0.25) is 0 Å². The molecule has 0 aliphatic heterocycles. The zero-order valence-corrected chi connectivity index (χ0v) is 14.4. The maximum atomic E-state index is 12.5. The summed E-state index contributed by atoms with van der Waals surface area (Å²) >= 11 is 0. The molecule has 2 rings (SSSR count). The lowest BCUT2D eigenvalue weighted by molar-refractivity contribution is -0.145. The molecule has 0 saturated heterocycles. The minimum absolute atomic E-state index is 0.00802. The van der Waals surface area contributed by atoms with Crippen LogP contribution in [0.5, 0.6) is 0 Å². The summed E-state index contributed by atoms with van der Waals surface area (Å²) in [4.78, 5) is 24.6. The highest BCUT2D eigenvalue weighted by atomic mass is 16.5. The van der Waals surface area contributed by atoms with E-state index < -0.39 is 6.04 Å². The summed E-state index contributed by atoms with van der Waals surface area (Å²) in [5, 5.41) is 2.93. The Morgan fingerprint density at radius 1 is 1.17 bits per heavy atom. The lowest BCUT2D eigenvalue weighted by Gasteiger charge is -2.24. The fourth-order valence-corrected chi connectivity index (χ4v) is 3.36. The fourth-order valence-electron chi connectivity index (χ4n) is 3.36. The Kier molecular flexibility index (Phi) is 6.20. The van der Waals surface area contributed by atoms with Crippen molar-refractivity contribution in [3.05, 3.63) is 34.9 Å². The van der Waals surface area contributed by atoms with Crippen molar-refractivity contribution >= 4 is 11.9 Å². The van der Waals surface area contributed by atoms with Gasteiger partial charge in [-0.2, -0.15) is 0 Å². The molecule has 1 saturated carbocycles. The van der Waals surface area contributed by atoms with Crippen molar-refractivity contribution in [1.82, 2.24) is 5.32 Å². The number of benzene rings is 1. The second kappa shape index (κ2) is 8.14. The summed E-state index contributed by atoms with van der Waals surface area (Å²) in [5.74, 6) is -0.350. The van der Waals surface area contributed by atoms with E-state index in [1.807, 2.05) is 32.0 Å². The monoisotopic (exact) mass is 317 g/mol. The molecule has 0 bridgehead atoms. The van der Waals surface area contributed by atoms with Crippen molar-refractivity contribution in [3.63, 3.8) is 0 Å². The van der Waals surface area contributed by atoms with Crippen LogP contribution >= 0.6 is 0 Å². The van der Waals surface area contributed by atoms with Crippen molar-refractivity contribution in [3.8, 4) is 0 Å². The largest absolute Gasteiger partial charge is 0.467 e. The van der Waals surface area contributed by atoms with Gasteiger partial charge in [-0.15, -0.1) is 0 Å². The number of carbonyl (C=O) groups is 2. The maximum absolute atomic E-state index is 12.5. The zero-order chi connectivity index (χ0) is 16.8. The number of hydrogen-bond donors (Lipinski definition) is 1. The van der Waals surface area contributed by atoms with E-state index in [9.17, 15) is 9.59 Å². The first kappa shape index (κ1) is 17.5. The van der Waals surface area contributed by atoms with Crippen LogP contribution in [0.4, 0.5) is 0 Å². The molecule has 0 spiro atoms.